The van der Waals surface area contributed by atoms with Crippen LogP contribution in [-0.2, 0) is 14.6 Å². The number of carboxylic acid groups (broad SMARTS) is 1. The fourth-order valence-corrected chi connectivity index (χ4v) is 3.02. The number of carbonyl (C=O) groups is 1. The molecular formula is C6H12BrNO4S. The first-order chi connectivity index (χ1) is 5.98. The van der Waals surface area contributed by atoms with Gasteiger partial charge < -0.3 is 10.4 Å². The van der Waals surface area contributed by atoms with E-state index in [1.54, 1.807) is 0 Å². The predicted octanol–water partition coefficient (Wildman–Crippen LogP) is -0.530. The normalized spacial score (nSPS) is 11.5. The summed E-state index contributed by atoms with van der Waals surface area (Å²) >= 11 is 3.02. The van der Waals surface area contributed by atoms with Crippen LogP contribution in [0.2, 0.25) is 0 Å². The minimum Gasteiger partial charge on any atom is -0.480 e. The average Bonchev–Trinajstić information content (AvgIpc) is 1.98. The highest BCUT2D eigenvalue weighted by Gasteiger charge is 2.08. The van der Waals surface area contributed by atoms with Crippen LogP contribution in [0.3, 0.4) is 0 Å². The number of aliphatic carboxylic acids is 1. The van der Waals surface area contributed by atoms with Gasteiger partial charge in [-0.1, -0.05) is 15.9 Å². The summed E-state index contributed by atoms with van der Waals surface area (Å²) in [5, 5.41) is 11.1. The highest BCUT2D eigenvalue weighted by atomic mass is 79.9. The summed E-state index contributed by atoms with van der Waals surface area (Å²) in [6.07, 6.45) is 0. The molecule has 5 nitrogen and oxygen atoms in total. The van der Waals surface area contributed by atoms with E-state index in [4.69, 9.17) is 5.11 Å². The van der Waals surface area contributed by atoms with E-state index < -0.39 is 15.8 Å². The summed E-state index contributed by atoms with van der Waals surface area (Å²) in [4.78, 5) is 10.0. The van der Waals surface area contributed by atoms with Crippen LogP contribution in [0.15, 0.2) is 0 Å². The molecule has 0 aromatic rings. The van der Waals surface area contributed by atoms with Gasteiger partial charge in [0.2, 0.25) is 0 Å². The molecule has 0 aromatic heterocycles. The Kier molecular flexibility index (Phi) is 6.27. The molecule has 0 amide bonds. The van der Waals surface area contributed by atoms with E-state index >= 15 is 0 Å². The number of hydrogen-bond acceptors (Lipinski definition) is 4. The van der Waals surface area contributed by atoms with Gasteiger partial charge in [-0.2, -0.15) is 0 Å². The van der Waals surface area contributed by atoms with Crippen molar-refractivity contribution in [1.29, 1.82) is 0 Å². The monoisotopic (exact) mass is 273 g/mol. The summed E-state index contributed by atoms with van der Waals surface area (Å²) in [6, 6.07) is 0. The molecule has 0 aliphatic heterocycles. The third-order valence-corrected chi connectivity index (χ3v) is 3.83. The van der Waals surface area contributed by atoms with Gasteiger partial charge in [-0.15, -0.1) is 0 Å². The molecule has 0 saturated heterocycles. The third-order valence-electron chi connectivity index (χ3n) is 1.25. The van der Waals surface area contributed by atoms with Gasteiger partial charge in [0, 0.05) is 11.9 Å². The van der Waals surface area contributed by atoms with Gasteiger partial charge >= 0.3 is 5.97 Å². The molecule has 0 fully saturated rings. The molecule has 0 aromatic carbocycles. The molecule has 0 saturated carbocycles. The fraction of sp³-hybridized carbons (Fsp3) is 0.833. The number of carboxylic acids is 1. The lowest BCUT2D eigenvalue weighted by Gasteiger charge is -2.02. The van der Waals surface area contributed by atoms with E-state index in [2.05, 4.69) is 21.2 Å². The summed E-state index contributed by atoms with van der Waals surface area (Å²) in [5.41, 5.74) is 0. The summed E-state index contributed by atoms with van der Waals surface area (Å²) in [6.45, 7) is -0.0224. The average molecular weight is 274 g/mol. The Labute approximate surface area is 85.6 Å². The van der Waals surface area contributed by atoms with Crippen LogP contribution in [0, 0.1) is 0 Å². The molecule has 0 spiro atoms. The number of rotatable bonds is 7. The van der Waals surface area contributed by atoms with E-state index in [1.165, 1.54) is 0 Å². The second kappa shape index (κ2) is 6.33. The molecule has 0 aliphatic carbocycles. The molecule has 2 N–H and O–H groups in total. The lowest BCUT2D eigenvalue weighted by molar-refractivity contribution is -0.135. The van der Waals surface area contributed by atoms with E-state index in [0.29, 0.717) is 5.33 Å². The maximum Gasteiger partial charge on any atom is 0.317 e. The van der Waals surface area contributed by atoms with Gasteiger partial charge in [0.05, 0.1) is 18.1 Å². The maximum atomic E-state index is 11.1. The fourth-order valence-electron chi connectivity index (χ4n) is 0.643. The van der Waals surface area contributed by atoms with Crippen LogP contribution < -0.4 is 5.32 Å². The molecule has 0 atom stereocenters. The molecule has 0 aliphatic rings. The topological polar surface area (TPSA) is 83.5 Å². The van der Waals surface area contributed by atoms with Crippen LogP contribution >= 0.6 is 15.9 Å². The SMILES string of the molecule is O=C(O)CNCCS(=O)(=O)CCBr. The number of alkyl halides is 1. The first-order valence-electron chi connectivity index (χ1n) is 3.67. The van der Waals surface area contributed by atoms with Crippen molar-refractivity contribution in [2.75, 3.05) is 29.9 Å². The second-order valence-corrected chi connectivity index (χ2v) is 5.51. The highest BCUT2D eigenvalue weighted by Crippen LogP contribution is 1.92. The molecule has 0 radical (unpaired) electrons. The van der Waals surface area contributed by atoms with E-state index in [0.717, 1.165) is 0 Å². The van der Waals surface area contributed by atoms with Gasteiger partial charge in [-0.25, -0.2) is 8.42 Å². The summed E-state index contributed by atoms with van der Waals surface area (Å²) < 4.78 is 22.1. The standard InChI is InChI=1S/C6H12BrNO4S/c7-1-3-13(11,12)4-2-8-5-6(9)10/h8H,1-5H2,(H,9,10). The zero-order valence-electron chi connectivity index (χ0n) is 6.99. The van der Waals surface area contributed by atoms with Crippen molar-refractivity contribution in [1.82, 2.24) is 5.32 Å². The Morgan fingerprint density at radius 2 is 2.00 bits per heavy atom. The zero-order valence-corrected chi connectivity index (χ0v) is 9.40. The van der Waals surface area contributed by atoms with Crippen LogP contribution in [0.5, 0.6) is 0 Å². The van der Waals surface area contributed by atoms with E-state index in [-0.39, 0.29) is 24.6 Å². The van der Waals surface area contributed by atoms with E-state index in [9.17, 15) is 13.2 Å². The van der Waals surface area contributed by atoms with Crippen molar-refractivity contribution in [2.45, 2.75) is 0 Å². The van der Waals surface area contributed by atoms with Crippen LogP contribution in [0.1, 0.15) is 0 Å². The van der Waals surface area contributed by atoms with Crippen molar-refractivity contribution in [3.63, 3.8) is 0 Å². The Balaban J connectivity index is 3.58. The van der Waals surface area contributed by atoms with Crippen LogP contribution in [0.25, 0.3) is 0 Å². The van der Waals surface area contributed by atoms with Crippen molar-refractivity contribution >= 4 is 31.7 Å². The Bertz CT molecular complexity index is 251. The Hall–Kier alpha value is -0.140. The number of nitrogens with one attached hydrogen (secondary N) is 1. The number of sulfone groups is 1. The summed E-state index contributed by atoms with van der Waals surface area (Å²) in [5.74, 6) is -0.925. The summed E-state index contributed by atoms with van der Waals surface area (Å²) in [7, 11) is -3.03. The smallest absolute Gasteiger partial charge is 0.317 e. The molecule has 7 heteroatoms. The van der Waals surface area contributed by atoms with Crippen LogP contribution in [-0.4, -0.2) is 49.4 Å². The van der Waals surface area contributed by atoms with Crippen molar-refractivity contribution in [3.8, 4) is 0 Å². The van der Waals surface area contributed by atoms with Crippen molar-refractivity contribution in [3.05, 3.63) is 0 Å². The minimum absolute atomic E-state index is 0.0219. The largest absolute Gasteiger partial charge is 0.480 e. The molecule has 0 rings (SSSR count). The quantitative estimate of drug-likeness (QED) is 0.481. The molecule has 0 unspecified atom stereocenters. The maximum absolute atomic E-state index is 11.1. The molecule has 78 valence electrons. The van der Waals surface area contributed by atoms with Gasteiger partial charge in [-0.3, -0.25) is 4.79 Å². The zero-order chi connectivity index (χ0) is 10.3. The lowest BCUT2D eigenvalue weighted by atomic mass is 10.6. The van der Waals surface area contributed by atoms with E-state index in [1.807, 2.05) is 0 Å². The third kappa shape index (κ3) is 8.20. The van der Waals surface area contributed by atoms with Crippen LogP contribution in [0.4, 0.5) is 0 Å². The Morgan fingerprint density at radius 1 is 1.38 bits per heavy atom. The number of hydrogen-bond donors (Lipinski definition) is 2. The number of halogens is 1. The lowest BCUT2D eigenvalue weighted by Crippen LogP contribution is -2.29. The first-order valence-corrected chi connectivity index (χ1v) is 6.61. The van der Waals surface area contributed by atoms with Gasteiger partial charge in [0.1, 0.15) is 0 Å². The Morgan fingerprint density at radius 3 is 2.46 bits per heavy atom. The second-order valence-electron chi connectivity index (χ2n) is 2.41. The van der Waals surface area contributed by atoms with Gasteiger partial charge in [0.15, 0.2) is 9.84 Å². The molecule has 13 heavy (non-hydrogen) atoms. The van der Waals surface area contributed by atoms with Crippen molar-refractivity contribution < 1.29 is 18.3 Å². The predicted molar refractivity (Wildman–Crippen MR) is 53.0 cm³/mol. The molecular weight excluding hydrogens is 262 g/mol. The molecule has 0 bridgehead atoms. The van der Waals surface area contributed by atoms with Crippen molar-refractivity contribution in [2.24, 2.45) is 0 Å². The minimum atomic E-state index is -3.03. The highest BCUT2D eigenvalue weighted by molar-refractivity contribution is 9.09. The van der Waals surface area contributed by atoms with Gasteiger partial charge in [-0.05, 0) is 0 Å². The van der Waals surface area contributed by atoms with Gasteiger partial charge in [0.25, 0.3) is 0 Å². The first kappa shape index (κ1) is 12.9. The molecule has 0 heterocycles.